The molecule has 1 amide bonds. The van der Waals surface area contributed by atoms with E-state index in [1.807, 2.05) is 19.9 Å². The topological polar surface area (TPSA) is 102 Å². The zero-order valence-corrected chi connectivity index (χ0v) is 15.6. The van der Waals surface area contributed by atoms with E-state index in [4.69, 9.17) is 22.1 Å². The molecule has 2 aromatic carbocycles. The van der Waals surface area contributed by atoms with Crippen LogP contribution >= 0.6 is 11.6 Å². The zero-order chi connectivity index (χ0) is 19.6. The highest BCUT2D eigenvalue weighted by atomic mass is 35.5. The molecule has 2 unspecified atom stereocenters. The fourth-order valence-corrected chi connectivity index (χ4v) is 4.06. The number of rotatable bonds is 3. The van der Waals surface area contributed by atoms with Crippen LogP contribution in [0, 0.1) is 0 Å². The fourth-order valence-electron chi connectivity index (χ4n) is 3.99. The van der Waals surface area contributed by atoms with Crippen molar-refractivity contribution in [2.75, 3.05) is 11.6 Å². The minimum Gasteiger partial charge on any atom is -0.454 e. The first-order valence-corrected chi connectivity index (χ1v) is 9.16. The predicted molar refractivity (Wildman–Crippen MR) is 101 cm³/mol. The molecule has 4 N–H and O–H groups in total. The number of hydrogen-bond donors (Lipinski definition) is 3. The number of ether oxygens (including phenoxy) is 1. The first-order chi connectivity index (χ1) is 12.8. The molecule has 7 heteroatoms. The number of aliphatic hydroxyl groups is 1. The van der Waals surface area contributed by atoms with Crippen LogP contribution in [0.5, 0.6) is 5.75 Å². The van der Waals surface area contributed by atoms with Gasteiger partial charge in [-0.15, -0.1) is 11.6 Å². The van der Waals surface area contributed by atoms with Crippen LogP contribution in [0.4, 0.5) is 5.69 Å². The highest BCUT2D eigenvalue weighted by Gasteiger charge is 2.72. The maximum atomic E-state index is 13.5. The van der Waals surface area contributed by atoms with E-state index in [9.17, 15) is 14.7 Å². The lowest BCUT2D eigenvalue weighted by Gasteiger charge is -2.34. The molecule has 0 fully saturated rings. The number of carbonyl (C=O) groups excluding carboxylic acids is 2. The second-order valence-corrected chi connectivity index (χ2v) is 7.45. The van der Waals surface area contributed by atoms with Crippen molar-refractivity contribution in [2.45, 2.75) is 31.1 Å². The number of halogens is 1. The van der Waals surface area contributed by atoms with Gasteiger partial charge in [0.2, 0.25) is 17.2 Å². The molecule has 2 aromatic rings. The summed E-state index contributed by atoms with van der Waals surface area (Å²) in [5.74, 6) is -3.02. The van der Waals surface area contributed by atoms with Gasteiger partial charge in [-0.1, -0.05) is 38.1 Å². The van der Waals surface area contributed by atoms with E-state index in [2.05, 4.69) is 5.32 Å². The molecule has 6 nitrogen and oxygen atoms in total. The third-order valence-corrected chi connectivity index (χ3v) is 5.56. The Labute approximate surface area is 161 Å². The van der Waals surface area contributed by atoms with E-state index < -0.39 is 23.0 Å². The molecule has 2 atom stereocenters. The van der Waals surface area contributed by atoms with Crippen LogP contribution < -0.4 is 15.8 Å². The number of hydrogen-bond acceptors (Lipinski definition) is 5. The Balaban J connectivity index is 2.01. The van der Waals surface area contributed by atoms with Crippen molar-refractivity contribution in [2.24, 2.45) is 0 Å². The van der Waals surface area contributed by atoms with Gasteiger partial charge in [0.1, 0.15) is 11.6 Å². The number of nitrogen functional groups attached to an aromatic ring is 1. The Bertz CT molecular complexity index is 990. The van der Waals surface area contributed by atoms with Crippen molar-refractivity contribution in [1.82, 2.24) is 5.32 Å². The summed E-state index contributed by atoms with van der Waals surface area (Å²) in [5, 5.41) is 14.2. The van der Waals surface area contributed by atoms with Crippen LogP contribution in [0.2, 0.25) is 0 Å². The van der Waals surface area contributed by atoms with Crippen molar-refractivity contribution in [3.05, 3.63) is 58.7 Å². The monoisotopic (exact) mass is 386 g/mol. The fraction of sp³-hybridized carbons (Fsp3) is 0.300. The maximum absolute atomic E-state index is 13.5. The summed E-state index contributed by atoms with van der Waals surface area (Å²) in [6, 6.07) is 10.1. The predicted octanol–water partition coefficient (Wildman–Crippen LogP) is 2.38. The average molecular weight is 387 g/mol. The van der Waals surface area contributed by atoms with Crippen LogP contribution in [0.3, 0.4) is 0 Å². The van der Waals surface area contributed by atoms with Gasteiger partial charge in [0.05, 0.1) is 5.56 Å². The number of nitrogens with one attached hydrogen (secondary N) is 1. The summed E-state index contributed by atoms with van der Waals surface area (Å²) < 4.78 is 5.93. The third kappa shape index (κ3) is 2.11. The molecule has 0 saturated carbocycles. The van der Waals surface area contributed by atoms with Crippen LogP contribution in [-0.2, 0) is 16.1 Å². The van der Waals surface area contributed by atoms with Crippen molar-refractivity contribution < 1.29 is 19.4 Å². The molecule has 0 aromatic heterocycles. The van der Waals surface area contributed by atoms with Crippen molar-refractivity contribution >= 4 is 29.0 Å². The third-order valence-electron chi connectivity index (χ3n) is 5.32. The Kier molecular flexibility index (Phi) is 3.77. The summed E-state index contributed by atoms with van der Waals surface area (Å²) in [7, 11) is 0. The molecule has 0 spiro atoms. The van der Waals surface area contributed by atoms with E-state index in [0.717, 1.165) is 5.56 Å². The number of nitrogens with two attached hydrogens (primary N) is 1. The molecule has 1 aliphatic heterocycles. The number of carbonyl (C=O) groups is 2. The number of amides is 1. The van der Waals surface area contributed by atoms with Crippen LogP contribution in [0.1, 0.15) is 46.8 Å². The summed E-state index contributed by atoms with van der Waals surface area (Å²) >= 11 is 5.68. The molecule has 140 valence electrons. The standard InChI is InChI=1S/C20H19ClN2O4/c1-10(2)11-6-7-12-15(8-11)27-20(26)13-4-3-5-14(22)17(13)18(25)19(12,20)23-16(24)9-21/h3-8,10,26H,9,22H2,1-2H3,(H,23,24). The number of alkyl halides is 1. The molecular formula is C20H19ClN2O4. The largest absolute Gasteiger partial charge is 0.454 e. The SMILES string of the molecule is CC(C)c1ccc2c(c1)OC1(O)c3cccc(N)c3C(=O)C21NC(=O)CCl. The molecule has 1 aliphatic carbocycles. The van der Waals surface area contributed by atoms with Crippen molar-refractivity contribution in [3.8, 4) is 5.75 Å². The Morgan fingerprint density at radius 2 is 2.04 bits per heavy atom. The number of anilines is 1. The number of benzene rings is 2. The molecule has 2 aliphatic rings. The van der Waals surface area contributed by atoms with Gasteiger partial charge in [-0.05, 0) is 23.6 Å². The highest BCUT2D eigenvalue weighted by Crippen LogP contribution is 2.59. The quantitative estimate of drug-likeness (QED) is 0.555. The van der Waals surface area contributed by atoms with E-state index in [1.54, 1.807) is 30.3 Å². The van der Waals surface area contributed by atoms with Crippen LogP contribution in [0.25, 0.3) is 0 Å². The van der Waals surface area contributed by atoms with Gasteiger partial charge in [-0.25, -0.2) is 0 Å². The normalized spacial score (nSPS) is 25.0. The van der Waals surface area contributed by atoms with Gasteiger partial charge in [-0.2, -0.15) is 0 Å². The van der Waals surface area contributed by atoms with Gasteiger partial charge in [0.25, 0.3) is 5.79 Å². The molecule has 0 bridgehead atoms. The number of fused-ring (bicyclic) bond motifs is 5. The van der Waals surface area contributed by atoms with E-state index in [0.29, 0.717) is 11.3 Å². The van der Waals surface area contributed by atoms with Gasteiger partial charge in [0.15, 0.2) is 0 Å². The van der Waals surface area contributed by atoms with E-state index >= 15 is 0 Å². The Morgan fingerprint density at radius 3 is 2.70 bits per heavy atom. The average Bonchev–Trinajstić information content (AvgIpc) is 2.99. The van der Waals surface area contributed by atoms with Gasteiger partial charge >= 0.3 is 0 Å². The molecule has 0 radical (unpaired) electrons. The Morgan fingerprint density at radius 1 is 1.30 bits per heavy atom. The molecule has 4 rings (SSSR count). The summed E-state index contributed by atoms with van der Waals surface area (Å²) in [4.78, 5) is 25.7. The second-order valence-electron chi connectivity index (χ2n) is 7.19. The minimum atomic E-state index is -2.10. The van der Waals surface area contributed by atoms with Crippen LogP contribution in [-0.4, -0.2) is 22.7 Å². The molecule has 27 heavy (non-hydrogen) atoms. The first-order valence-electron chi connectivity index (χ1n) is 8.63. The molecule has 0 saturated heterocycles. The molecule has 1 heterocycles. The molecular weight excluding hydrogens is 368 g/mol. The van der Waals surface area contributed by atoms with E-state index in [1.165, 1.54) is 0 Å². The van der Waals surface area contributed by atoms with Gasteiger partial charge in [-0.3, -0.25) is 9.59 Å². The highest BCUT2D eigenvalue weighted by molar-refractivity contribution is 6.28. The van der Waals surface area contributed by atoms with Gasteiger partial charge in [0, 0.05) is 16.8 Å². The van der Waals surface area contributed by atoms with Crippen LogP contribution in [0.15, 0.2) is 36.4 Å². The maximum Gasteiger partial charge on any atom is 0.271 e. The lowest BCUT2D eigenvalue weighted by Crippen LogP contribution is -2.60. The van der Waals surface area contributed by atoms with Crippen molar-refractivity contribution in [1.29, 1.82) is 0 Å². The minimum absolute atomic E-state index is 0.147. The second kappa shape index (κ2) is 5.71. The van der Waals surface area contributed by atoms with E-state index in [-0.39, 0.29) is 28.6 Å². The lowest BCUT2D eigenvalue weighted by molar-refractivity contribution is -0.174. The zero-order valence-electron chi connectivity index (χ0n) is 14.9. The van der Waals surface area contributed by atoms with Gasteiger partial charge < -0.3 is 20.9 Å². The smallest absolute Gasteiger partial charge is 0.271 e. The summed E-state index contributed by atoms with van der Waals surface area (Å²) in [5.41, 5.74) is 6.12. The summed E-state index contributed by atoms with van der Waals surface area (Å²) in [6.07, 6.45) is 0. The van der Waals surface area contributed by atoms with Crippen molar-refractivity contribution in [3.63, 3.8) is 0 Å². The Hall–Kier alpha value is -2.57. The number of Topliss-reactive ketones (excluding diaryl/α,β-unsaturated/α-hetero) is 1. The lowest BCUT2D eigenvalue weighted by atomic mass is 9.82. The summed E-state index contributed by atoms with van der Waals surface area (Å²) in [6.45, 7) is 4.05. The number of ketones is 1. The first kappa shape index (κ1) is 17.8.